The van der Waals surface area contributed by atoms with E-state index in [1.807, 2.05) is 12.1 Å². The monoisotopic (exact) mass is 364 g/mol. The van der Waals surface area contributed by atoms with E-state index in [0.717, 1.165) is 37.9 Å². The molecule has 0 radical (unpaired) electrons. The Bertz CT molecular complexity index is 794. The summed E-state index contributed by atoms with van der Waals surface area (Å²) >= 11 is 0. The fourth-order valence-electron chi connectivity index (χ4n) is 3.03. The number of nitrogens with one attached hydrogen (secondary N) is 1. The molecule has 0 bridgehead atoms. The van der Waals surface area contributed by atoms with Gasteiger partial charge in [0.1, 0.15) is 0 Å². The van der Waals surface area contributed by atoms with Gasteiger partial charge in [0.2, 0.25) is 21.7 Å². The van der Waals surface area contributed by atoms with Crippen LogP contribution in [0.4, 0.5) is 0 Å². The van der Waals surface area contributed by atoms with Crippen molar-refractivity contribution in [1.82, 2.24) is 19.8 Å². The van der Waals surface area contributed by atoms with Gasteiger partial charge in [-0.3, -0.25) is 4.90 Å². The highest BCUT2D eigenvalue weighted by Crippen LogP contribution is 2.19. The lowest BCUT2D eigenvalue weighted by molar-refractivity contribution is 0.177. The normalized spacial score (nSPS) is 17.0. The Kier molecular flexibility index (Phi) is 5.51. The quantitative estimate of drug-likeness (QED) is 0.841. The van der Waals surface area contributed by atoms with Gasteiger partial charge in [-0.05, 0) is 24.8 Å². The summed E-state index contributed by atoms with van der Waals surface area (Å²) in [5.41, 5.74) is 2.22. The third-order valence-corrected chi connectivity index (χ3v) is 5.18. The second kappa shape index (κ2) is 7.63. The number of hydrogen-bond donors (Lipinski definition) is 1. The molecule has 1 aromatic heterocycles. The average Bonchev–Trinajstić information content (AvgIpc) is 3.04. The van der Waals surface area contributed by atoms with Crippen LogP contribution in [0.15, 0.2) is 28.8 Å². The van der Waals surface area contributed by atoms with Gasteiger partial charge in [-0.25, -0.2) is 13.1 Å². The number of hydrogen-bond acceptors (Lipinski definition) is 6. The summed E-state index contributed by atoms with van der Waals surface area (Å²) in [6.45, 7) is 4.31. The van der Waals surface area contributed by atoms with Crippen LogP contribution in [0.2, 0.25) is 0 Å². The second-order valence-electron chi connectivity index (χ2n) is 6.50. The lowest BCUT2D eigenvalue weighted by Gasteiger charge is -2.30. The Morgan fingerprint density at radius 3 is 2.52 bits per heavy atom. The van der Waals surface area contributed by atoms with Crippen LogP contribution in [0, 0.1) is 0 Å². The number of sulfonamides is 1. The first-order valence-electron chi connectivity index (χ1n) is 8.54. The van der Waals surface area contributed by atoms with Crippen molar-refractivity contribution in [3.63, 3.8) is 0 Å². The van der Waals surface area contributed by atoms with Gasteiger partial charge in [0.05, 0.1) is 12.8 Å². The van der Waals surface area contributed by atoms with Gasteiger partial charge in [0.25, 0.3) is 0 Å². The molecule has 1 N–H and O–H groups in total. The zero-order valence-corrected chi connectivity index (χ0v) is 15.4. The van der Waals surface area contributed by atoms with Crippen LogP contribution in [0.3, 0.4) is 0 Å². The van der Waals surface area contributed by atoms with Crippen molar-refractivity contribution in [3.05, 3.63) is 35.7 Å². The fourth-order valence-corrected chi connectivity index (χ4v) is 3.87. The van der Waals surface area contributed by atoms with Gasteiger partial charge in [-0.1, -0.05) is 36.3 Å². The fraction of sp³-hybridized carbons (Fsp3) is 0.529. The summed E-state index contributed by atoms with van der Waals surface area (Å²) in [5.74, 6) is 1.19. The predicted octanol–water partition coefficient (Wildman–Crippen LogP) is 1.81. The van der Waals surface area contributed by atoms with Crippen molar-refractivity contribution in [2.24, 2.45) is 0 Å². The number of piperidine rings is 1. The van der Waals surface area contributed by atoms with Crippen molar-refractivity contribution in [2.75, 3.05) is 19.3 Å². The molecule has 2 aromatic rings. The van der Waals surface area contributed by atoms with Gasteiger partial charge >= 0.3 is 0 Å². The molecule has 0 amide bonds. The molecule has 0 spiro atoms. The van der Waals surface area contributed by atoms with Crippen LogP contribution >= 0.6 is 0 Å². The molecule has 0 unspecified atom stereocenters. The minimum atomic E-state index is -3.14. The number of benzene rings is 1. The van der Waals surface area contributed by atoms with E-state index < -0.39 is 10.0 Å². The molecule has 7 nitrogen and oxygen atoms in total. The van der Waals surface area contributed by atoms with Gasteiger partial charge in [0, 0.05) is 24.7 Å². The Morgan fingerprint density at radius 2 is 1.92 bits per heavy atom. The van der Waals surface area contributed by atoms with Gasteiger partial charge in [-0.15, -0.1) is 0 Å². The first-order chi connectivity index (χ1) is 11.9. The minimum absolute atomic E-state index is 0.0153. The smallest absolute Gasteiger partial charge is 0.241 e. The average molecular weight is 364 g/mol. The Morgan fingerprint density at radius 1 is 1.24 bits per heavy atom. The number of likely N-dealkylation sites (tertiary alicyclic amines) is 1. The van der Waals surface area contributed by atoms with Crippen molar-refractivity contribution >= 4 is 10.0 Å². The van der Waals surface area contributed by atoms with Gasteiger partial charge in [-0.2, -0.15) is 4.98 Å². The van der Waals surface area contributed by atoms with Crippen LogP contribution in [0.5, 0.6) is 0 Å². The molecule has 0 aliphatic carbocycles. The zero-order valence-electron chi connectivity index (χ0n) is 14.6. The minimum Gasteiger partial charge on any atom is -0.338 e. The van der Waals surface area contributed by atoms with Crippen molar-refractivity contribution in [3.8, 4) is 11.4 Å². The maximum Gasteiger partial charge on any atom is 0.241 e. The highest BCUT2D eigenvalue weighted by molar-refractivity contribution is 7.88. The lowest BCUT2D eigenvalue weighted by atomic mass is 10.1. The van der Waals surface area contributed by atoms with E-state index in [9.17, 15) is 8.42 Å². The first-order valence-corrected chi connectivity index (χ1v) is 10.4. The predicted molar refractivity (Wildman–Crippen MR) is 95.4 cm³/mol. The lowest BCUT2D eigenvalue weighted by Crippen LogP contribution is -2.43. The van der Waals surface area contributed by atoms with Crippen LogP contribution < -0.4 is 4.72 Å². The van der Waals surface area contributed by atoms with Crippen LogP contribution in [-0.2, 0) is 23.0 Å². The van der Waals surface area contributed by atoms with Crippen molar-refractivity contribution in [1.29, 1.82) is 0 Å². The first kappa shape index (κ1) is 18.0. The van der Waals surface area contributed by atoms with E-state index in [4.69, 9.17) is 4.52 Å². The van der Waals surface area contributed by atoms with E-state index in [1.54, 1.807) is 0 Å². The van der Waals surface area contributed by atoms with E-state index in [2.05, 4.69) is 38.8 Å². The molecule has 0 saturated carbocycles. The highest BCUT2D eigenvalue weighted by Gasteiger charge is 2.23. The SMILES string of the molecule is CCc1ccc(-c2noc(CN3CCC(NS(C)(=O)=O)CC3)n2)cc1. The summed E-state index contributed by atoms with van der Waals surface area (Å²) in [7, 11) is -3.14. The molecule has 136 valence electrons. The third kappa shape index (κ3) is 5.10. The molecule has 0 atom stereocenters. The molecule has 1 fully saturated rings. The summed E-state index contributed by atoms with van der Waals surface area (Å²) in [4.78, 5) is 6.68. The molecule has 8 heteroatoms. The zero-order chi connectivity index (χ0) is 17.9. The maximum absolute atomic E-state index is 11.3. The van der Waals surface area contributed by atoms with E-state index in [1.165, 1.54) is 11.8 Å². The molecule has 1 aliphatic rings. The van der Waals surface area contributed by atoms with Crippen LogP contribution in [0.1, 0.15) is 31.2 Å². The second-order valence-corrected chi connectivity index (χ2v) is 8.28. The summed E-state index contributed by atoms with van der Waals surface area (Å²) < 4.78 is 30.6. The number of aromatic nitrogens is 2. The van der Waals surface area contributed by atoms with Crippen LogP contribution in [-0.4, -0.2) is 48.8 Å². The molecular formula is C17H24N4O3S. The maximum atomic E-state index is 11.3. The number of rotatable bonds is 6. The van der Waals surface area contributed by atoms with Crippen molar-refractivity contribution < 1.29 is 12.9 Å². The van der Waals surface area contributed by atoms with E-state index in [0.29, 0.717) is 18.3 Å². The molecule has 25 heavy (non-hydrogen) atoms. The summed E-state index contributed by atoms with van der Waals surface area (Å²) in [5, 5.41) is 4.07. The van der Waals surface area contributed by atoms with Crippen LogP contribution in [0.25, 0.3) is 11.4 Å². The van der Waals surface area contributed by atoms with E-state index in [-0.39, 0.29) is 6.04 Å². The largest absolute Gasteiger partial charge is 0.338 e. The standard InChI is InChI=1S/C17H24N4O3S/c1-3-13-4-6-14(7-5-13)17-18-16(24-19-17)12-21-10-8-15(9-11-21)20-25(2,22)23/h4-7,15,20H,3,8-12H2,1-2H3. The molecular weight excluding hydrogens is 340 g/mol. The Balaban J connectivity index is 1.55. The van der Waals surface area contributed by atoms with Gasteiger partial charge < -0.3 is 4.52 Å². The van der Waals surface area contributed by atoms with E-state index >= 15 is 0 Å². The Hall–Kier alpha value is -1.77. The number of aryl methyl sites for hydroxylation is 1. The Labute approximate surface area is 148 Å². The highest BCUT2D eigenvalue weighted by atomic mass is 32.2. The molecule has 1 aromatic carbocycles. The van der Waals surface area contributed by atoms with Crippen molar-refractivity contribution in [2.45, 2.75) is 38.8 Å². The molecule has 3 rings (SSSR count). The molecule has 1 saturated heterocycles. The summed E-state index contributed by atoms with van der Waals surface area (Å²) in [6.07, 6.45) is 3.77. The molecule has 1 aliphatic heterocycles. The topological polar surface area (TPSA) is 88.3 Å². The van der Waals surface area contributed by atoms with Gasteiger partial charge in [0.15, 0.2) is 0 Å². The summed E-state index contributed by atoms with van der Waals surface area (Å²) in [6, 6.07) is 8.18. The number of nitrogens with zero attached hydrogens (tertiary/aromatic N) is 3. The molecule has 2 heterocycles. The third-order valence-electron chi connectivity index (χ3n) is 4.42.